The number of hydrogen-bond donors (Lipinski definition) is 0. The summed E-state index contributed by atoms with van der Waals surface area (Å²) in [7, 11) is 0. The topological polar surface area (TPSA) is 16.1 Å². The zero-order valence-corrected chi connectivity index (χ0v) is 11.7. The van der Waals surface area contributed by atoms with E-state index in [2.05, 4.69) is 16.8 Å². The Labute approximate surface area is 111 Å². The number of hydrogen-bond acceptors (Lipinski definition) is 3. The van der Waals surface area contributed by atoms with Crippen molar-refractivity contribution in [1.82, 2.24) is 4.98 Å². The maximum atomic E-state index is 6.04. The second kappa shape index (κ2) is 5.56. The molecule has 1 aliphatic rings. The van der Waals surface area contributed by atoms with Gasteiger partial charge >= 0.3 is 0 Å². The molecule has 1 fully saturated rings. The second-order valence-corrected chi connectivity index (χ2v) is 5.81. The standard InChI is InChI=1S/C11H16Cl2N2S/c1-2-3-6-15(8-4-5-8)11-14-10(13)9(7-12)16-11/h8H,2-7H2,1H3. The van der Waals surface area contributed by atoms with Crippen LogP contribution in [0, 0.1) is 0 Å². The lowest BCUT2D eigenvalue weighted by Gasteiger charge is -2.20. The third-order valence-electron chi connectivity index (χ3n) is 2.75. The molecule has 0 amide bonds. The fourth-order valence-corrected chi connectivity index (χ4v) is 3.25. The average molecular weight is 279 g/mol. The zero-order chi connectivity index (χ0) is 11.5. The van der Waals surface area contributed by atoms with Gasteiger partial charge in [0.15, 0.2) is 5.13 Å². The molecule has 0 aliphatic heterocycles. The molecule has 1 heterocycles. The Morgan fingerprint density at radius 3 is 2.75 bits per heavy atom. The lowest BCUT2D eigenvalue weighted by molar-refractivity contribution is 0.711. The fourth-order valence-electron chi connectivity index (χ4n) is 1.68. The van der Waals surface area contributed by atoms with E-state index in [1.54, 1.807) is 11.3 Å². The first-order valence-corrected chi connectivity index (χ1v) is 7.47. The summed E-state index contributed by atoms with van der Waals surface area (Å²) >= 11 is 13.5. The Hall–Kier alpha value is 0.01000. The van der Waals surface area contributed by atoms with Crippen LogP contribution >= 0.6 is 34.5 Å². The summed E-state index contributed by atoms with van der Waals surface area (Å²) in [5, 5.41) is 1.63. The van der Waals surface area contributed by atoms with Crippen molar-refractivity contribution in [1.29, 1.82) is 0 Å². The van der Waals surface area contributed by atoms with E-state index in [1.807, 2.05) is 0 Å². The molecule has 0 saturated heterocycles. The van der Waals surface area contributed by atoms with E-state index < -0.39 is 0 Å². The molecule has 2 nitrogen and oxygen atoms in total. The van der Waals surface area contributed by atoms with Gasteiger partial charge in [-0.25, -0.2) is 4.98 Å². The van der Waals surface area contributed by atoms with Crippen molar-refractivity contribution in [3.63, 3.8) is 0 Å². The van der Waals surface area contributed by atoms with Crippen LogP contribution < -0.4 is 4.90 Å². The number of aromatic nitrogens is 1. The summed E-state index contributed by atoms with van der Waals surface area (Å²) in [6, 6.07) is 0.692. The number of alkyl halides is 1. The number of rotatable bonds is 6. The number of anilines is 1. The summed E-state index contributed by atoms with van der Waals surface area (Å²) in [5.41, 5.74) is 0. The summed E-state index contributed by atoms with van der Waals surface area (Å²) in [4.78, 5) is 7.81. The quantitative estimate of drug-likeness (QED) is 0.721. The normalized spacial score (nSPS) is 15.4. The first kappa shape index (κ1) is 12.5. The van der Waals surface area contributed by atoms with Crippen LogP contribution in [0.4, 0.5) is 5.13 Å². The van der Waals surface area contributed by atoms with Gasteiger partial charge in [-0.1, -0.05) is 36.3 Å². The highest BCUT2D eigenvalue weighted by atomic mass is 35.5. The predicted octanol–water partition coefficient (Wildman–Crippen LogP) is 4.30. The molecule has 0 aromatic carbocycles. The van der Waals surface area contributed by atoms with Crippen molar-refractivity contribution in [2.24, 2.45) is 0 Å². The summed E-state index contributed by atoms with van der Waals surface area (Å²) in [6.45, 7) is 3.30. The van der Waals surface area contributed by atoms with Crippen LogP contribution in [0.2, 0.25) is 5.15 Å². The van der Waals surface area contributed by atoms with E-state index in [0.29, 0.717) is 17.1 Å². The Morgan fingerprint density at radius 2 is 2.25 bits per heavy atom. The Balaban J connectivity index is 2.11. The minimum Gasteiger partial charge on any atom is -0.345 e. The van der Waals surface area contributed by atoms with Crippen molar-refractivity contribution in [2.45, 2.75) is 44.5 Å². The molecule has 5 heteroatoms. The molecule has 16 heavy (non-hydrogen) atoms. The maximum absolute atomic E-state index is 6.04. The highest BCUT2D eigenvalue weighted by Crippen LogP contribution is 2.37. The lowest BCUT2D eigenvalue weighted by atomic mass is 10.3. The van der Waals surface area contributed by atoms with Crippen LogP contribution in [-0.2, 0) is 5.88 Å². The molecule has 0 spiro atoms. The molecule has 1 aliphatic carbocycles. The van der Waals surface area contributed by atoms with E-state index in [0.717, 1.165) is 16.6 Å². The molecule has 1 saturated carbocycles. The molecule has 0 N–H and O–H groups in total. The Kier molecular flexibility index (Phi) is 4.34. The molecular formula is C11H16Cl2N2S. The largest absolute Gasteiger partial charge is 0.345 e. The molecule has 1 aromatic rings. The lowest BCUT2D eigenvalue weighted by Crippen LogP contribution is -2.26. The van der Waals surface area contributed by atoms with Gasteiger partial charge in [0.25, 0.3) is 0 Å². The van der Waals surface area contributed by atoms with Crippen molar-refractivity contribution in [3.05, 3.63) is 10.0 Å². The molecule has 90 valence electrons. The minimum atomic E-state index is 0.461. The molecular weight excluding hydrogens is 263 g/mol. The third kappa shape index (κ3) is 2.82. The third-order valence-corrected chi connectivity index (χ3v) is 4.69. The summed E-state index contributed by atoms with van der Waals surface area (Å²) in [6.07, 6.45) is 5.00. The van der Waals surface area contributed by atoms with Gasteiger partial charge in [-0.05, 0) is 19.3 Å². The monoisotopic (exact) mass is 278 g/mol. The summed E-state index contributed by atoms with van der Waals surface area (Å²) in [5.74, 6) is 0.461. The highest BCUT2D eigenvalue weighted by Gasteiger charge is 2.31. The second-order valence-electron chi connectivity index (χ2n) is 4.12. The molecule has 0 bridgehead atoms. The molecule has 2 rings (SSSR count). The Bertz CT molecular complexity index is 350. The number of nitrogens with zero attached hydrogens (tertiary/aromatic N) is 2. The van der Waals surface area contributed by atoms with Crippen molar-refractivity contribution < 1.29 is 0 Å². The van der Waals surface area contributed by atoms with E-state index in [9.17, 15) is 0 Å². The van der Waals surface area contributed by atoms with E-state index >= 15 is 0 Å². The molecule has 0 atom stereocenters. The molecule has 0 unspecified atom stereocenters. The Morgan fingerprint density at radius 1 is 1.50 bits per heavy atom. The predicted molar refractivity (Wildman–Crippen MR) is 72.0 cm³/mol. The van der Waals surface area contributed by atoms with E-state index in [1.165, 1.54) is 25.7 Å². The van der Waals surface area contributed by atoms with Gasteiger partial charge in [0.1, 0.15) is 5.15 Å². The van der Waals surface area contributed by atoms with Gasteiger partial charge in [-0.3, -0.25) is 0 Å². The average Bonchev–Trinajstić information content (AvgIpc) is 3.03. The number of unbranched alkanes of at least 4 members (excludes halogenated alkanes) is 1. The van der Waals surface area contributed by atoms with Gasteiger partial charge in [0, 0.05) is 12.6 Å². The van der Waals surface area contributed by atoms with Gasteiger partial charge < -0.3 is 4.90 Å². The van der Waals surface area contributed by atoms with Crippen LogP contribution in [0.3, 0.4) is 0 Å². The van der Waals surface area contributed by atoms with Crippen LogP contribution in [0.25, 0.3) is 0 Å². The van der Waals surface area contributed by atoms with E-state index in [-0.39, 0.29) is 0 Å². The molecule has 1 aromatic heterocycles. The minimum absolute atomic E-state index is 0.461. The van der Waals surface area contributed by atoms with Gasteiger partial charge in [-0.15, -0.1) is 11.6 Å². The first-order valence-electron chi connectivity index (χ1n) is 5.74. The highest BCUT2D eigenvalue weighted by molar-refractivity contribution is 7.16. The maximum Gasteiger partial charge on any atom is 0.187 e. The number of halogens is 2. The number of thiazole rings is 1. The zero-order valence-electron chi connectivity index (χ0n) is 9.38. The summed E-state index contributed by atoms with van der Waals surface area (Å²) < 4.78 is 0. The van der Waals surface area contributed by atoms with Crippen LogP contribution in [-0.4, -0.2) is 17.6 Å². The van der Waals surface area contributed by atoms with Gasteiger partial charge in [0.2, 0.25) is 0 Å². The van der Waals surface area contributed by atoms with Gasteiger partial charge in [0.05, 0.1) is 10.8 Å². The van der Waals surface area contributed by atoms with Crippen molar-refractivity contribution >= 4 is 39.7 Å². The van der Waals surface area contributed by atoms with E-state index in [4.69, 9.17) is 23.2 Å². The van der Waals surface area contributed by atoms with Crippen molar-refractivity contribution in [2.75, 3.05) is 11.4 Å². The fraction of sp³-hybridized carbons (Fsp3) is 0.727. The molecule has 0 radical (unpaired) electrons. The van der Waals surface area contributed by atoms with Crippen LogP contribution in [0.1, 0.15) is 37.5 Å². The van der Waals surface area contributed by atoms with Crippen molar-refractivity contribution in [3.8, 4) is 0 Å². The van der Waals surface area contributed by atoms with Gasteiger partial charge in [-0.2, -0.15) is 0 Å². The van der Waals surface area contributed by atoms with Crippen LogP contribution in [0.5, 0.6) is 0 Å². The smallest absolute Gasteiger partial charge is 0.187 e. The van der Waals surface area contributed by atoms with Crippen LogP contribution in [0.15, 0.2) is 0 Å². The SMILES string of the molecule is CCCCN(c1nc(Cl)c(CCl)s1)C1CC1. The first-order chi connectivity index (χ1) is 7.76.